The van der Waals surface area contributed by atoms with E-state index in [0.717, 1.165) is 48.6 Å². The zero-order valence-electron chi connectivity index (χ0n) is 22.5. The van der Waals surface area contributed by atoms with Gasteiger partial charge >= 0.3 is 6.01 Å². The summed E-state index contributed by atoms with van der Waals surface area (Å²) >= 11 is 3.75. The second-order valence-electron chi connectivity index (χ2n) is 12.3. The lowest BCUT2D eigenvalue weighted by Crippen LogP contribution is -2.52. The zero-order chi connectivity index (χ0) is 26.0. The third kappa shape index (κ3) is 4.21. The lowest BCUT2D eigenvalue weighted by Gasteiger charge is -2.38. The van der Waals surface area contributed by atoms with Crippen LogP contribution in [0.2, 0.25) is 0 Å². The predicted octanol–water partition coefficient (Wildman–Crippen LogP) is 4.90. The molecule has 7 nitrogen and oxygen atoms in total. The van der Waals surface area contributed by atoms with Crippen molar-refractivity contribution in [2.75, 3.05) is 49.1 Å². The number of ether oxygens (including phenoxy) is 1. The second-order valence-corrected chi connectivity index (χ2v) is 13.1. The van der Waals surface area contributed by atoms with Crippen LogP contribution >= 0.6 is 15.9 Å². The molecule has 2 atom stereocenters. The summed E-state index contributed by atoms with van der Waals surface area (Å²) in [6, 6.07) is 14.8. The van der Waals surface area contributed by atoms with E-state index in [-0.39, 0.29) is 5.54 Å². The summed E-state index contributed by atoms with van der Waals surface area (Å²) < 4.78 is 7.70. The number of fused-ring (bicyclic) bond motifs is 5. The summed E-state index contributed by atoms with van der Waals surface area (Å²) in [5, 5.41) is 6.32. The molecule has 5 aliphatic heterocycles. The van der Waals surface area contributed by atoms with Crippen molar-refractivity contribution >= 4 is 38.2 Å². The molecule has 2 unspecified atom stereocenters. The Balaban J connectivity index is 1.14. The van der Waals surface area contributed by atoms with Crippen molar-refractivity contribution in [3.8, 4) is 6.01 Å². The summed E-state index contributed by atoms with van der Waals surface area (Å²) in [6.07, 6.45) is 8.50. The Morgan fingerprint density at radius 2 is 1.69 bits per heavy atom. The molecule has 39 heavy (non-hydrogen) atoms. The lowest BCUT2D eigenvalue weighted by atomic mass is 9.95. The molecule has 0 saturated carbocycles. The zero-order valence-corrected chi connectivity index (χ0v) is 24.1. The molecule has 1 aromatic heterocycles. The average molecular weight is 590 g/mol. The second kappa shape index (κ2) is 9.60. The van der Waals surface area contributed by atoms with Gasteiger partial charge < -0.3 is 19.9 Å². The van der Waals surface area contributed by atoms with Crippen molar-refractivity contribution in [1.82, 2.24) is 20.2 Å². The molecular formula is C31H37BrN6O. The van der Waals surface area contributed by atoms with Gasteiger partial charge in [0.2, 0.25) is 0 Å². The SMILES string of the molecule is Brc1ccc(N2CCc3c(nc(OCC45CCCN4CCC5)nc3N3CC4CCC(C3)N4)C2)c2ccccc12. The maximum atomic E-state index is 6.56. The largest absolute Gasteiger partial charge is 0.461 e. The van der Waals surface area contributed by atoms with Crippen molar-refractivity contribution < 1.29 is 4.74 Å². The molecule has 0 aliphatic carbocycles. The number of hydrogen-bond donors (Lipinski definition) is 1. The highest BCUT2D eigenvalue weighted by Crippen LogP contribution is 2.40. The number of nitrogens with zero attached hydrogens (tertiary/aromatic N) is 5. The predicted molar refractivity (Wildman–Crippen MR) is 159 cm³/mol. The van der Waals surface area contributed by atoms with Gasteiger partial charge in [-0.05, 0) is 75.6 Å². The molecular weight excluding hydrogens is 552 g/mol. The lowest BCUT2D eigenvalue weighted by molar-refractivity contribution is 0.107. The molecule has 2 aromatic carbocycles. The maximum Gasteiger partial charge on any atom is 0.318 e. The maximum absolute atomic E-state index is 6.56. The number of anilines is 2. The van der Waals surface area contributed by atoms with Gasteiger partial charge in [0.1, 0.15) is 12.4 Å². The molecule has 0 spiro atoms. The van der Waals surface area contributed by atoms with Gasteiger partial charge in [0, 0.05) is 52.8 Å². The first kappa shape index (κ1) is 24.4. The number of halogens is 1. The molecule has 5 aliphatic rings. The van der Waals surface area contributed by atoms with Crippen LogP contribution in [0.5, 0.6) is 6.01 Å². The van der Waals surface area contributed by atoms with Crippen molar-refractivity contribution in [2.45, 2.75) is 69.1 Å². The van der Waals surface area contributed by atoms with Gasteiger partial charge in [0.15, 0.2) is 0 Å². The number of benzene rings is 2. The standard InChI is InChI=1S/C31H37BrN6O/c32-26-9-10-28(24-6-2-1-5-23(24)26)36-16-11-25-27(19-36)34-30(39-20-31-12-3-14-38(31)15-4-13-31)35-29(25)37-17-21-7-8-22(18-37)33-21/h1-2,5-6,9-10,21-22,33H,3-4,7-8,11-20H2. The Morgan fingerprint density at radius 1 is 0.923 bits per heavy atom. The van der Waals surface area contributed by atoms with Gasteiger partial charge in [0.25, 0.3) is 0 Å². The number of aromatic nitrogens is 2. The molecule has 4 saturated heterocycles. The van der Waals surface area contributed by atoms with E-state index in [9.17, 15) is 0 Å². The molecule has 4 fully saturated rings. The first-order valence-corrected chi connectivity index (χ1v) is 15.7. The third-order valence-electron chi connectivity index (χ3n) is 10.0. The van der Waals surface area contributed by atoms with Gasteiger partial charge in [-0.3, -0.25) is 4.90 Å². The van der Waals surface area contributed by atoms with Crippen LogP contribution in [-0.4, -0.2) is 71.8 Å². The van der Waals surface area contributed by atoms with Gasteiger partial charge in [-0.2, -0.15) is 9.97 Å². The normalized spacial score (nSPS) is 25.8. The highest BCUT2D eigenvalue weighted by atomic mass is 79.9. The van der Waals surface area contributed by atoms with Crippen LogP contribution < -0.4 is 19.9 Å². The molecule has 3 aromatic rings. The van der Waals surface area contributed by atoms with Gasteiger partial charge in [0.05, 0.1) is 17.8 Å². The van der Waals surface area contributed by atoms with Crippen LogP contribution in [0, 0.1) is 0 Å². The van der Waals surface area contributed by atoms with Crippen molar-refractivity contribution in [2.24, 2.45) is 0 Å². The molecule has 0 radical (unpaired) electrons. The van der Waals surface area contributed by atoms with Crippen LogP contribution in [0.15, 0.2) is 40.9 Å². The smallest absolute Gasteiger partial charge is 0.318 e. The van der Waals surface area contributed by atoms with Gasteiger partial charge in [-0.15, -0.1) is 0 Å². The highest BCUT2D eigenvalue weighted by Gasteiger charge is 2.45. The van der Waals surface area contributed by atoms with E-state index < -0.39 is 0 Å². The third-order valence-corrected chi connectivity index (χ3v) is 10.7. The van der Waals surface area contributed by atoms with Crippen LogP contribution in [0.25, 0.3) is 10.8 Å². The number of nitrogens with one attached hydrogen (secondary N) is 1. The summed E-state index contributed by atoms with van der Waals surface area (Å²) in [7, 11) is 0. The van der Waals surface area contributed by atoms with Crippen molar-refractivity contribution in [3.63, 3.8) is 0 Å². The van der Waals surface area contributed by atoms with E-state index in [1.165, 1.54) is 73.6 Å². The monoisotopic (exact) mass is 588 g/mol. The minimum absolute atomic E-state index is 0.190. The molecule has 8 rings (SSSR count). The summed E-state index contributed by atoms with van der Waals surface area (Å²) in [6.45, 7) is 6.92. The molecule has 6 heterocycles. The fourth-order valence-corrected chi connectivity index (χ4v) is 8.55. The van der Waals surface area contributed by atoms with E-state index in [1.807, 2.05) is 0 Å². The van der Waals surface area contributed by atoms with Crippen LogP contribution in [-0.2, 0) is 13.0 Å². The number of piperazine rings is 1. The van der Waals surface area contributed by atoms with Crippen molar-refractivity contribution in [3.05, 3.63) is 52.1 Å². The van der Waals surface area contributed by atoms with Crippen LogP contribution in [0.4, 0.5) is 11.5 Å². The van der Waals surface area contributed by atoms with Gasteiger partial charge in [-0.25, -0.2) is 0 Å². The Morgan fingerprint density at radius 3 is 2.49 bits per heavy atom. The summed E-state index contributed by atoms with van der Waals surface area (Å²) in [5.74, 6) is 1.13. The minimum atomic E-state index is 0.190. The summed E-state index contributed by atoms with van der Waals surface area (Å²) in [5.41, 5.74) is 3.92. The Labute approximate surface area is 239 Å². The minimum Gasteiger partial charge on any atom is -0.461 e. The Kier molecular flexibility index (Phi) is 6.00. The molecule has 2 bridgehead atoms. The van der Waals surface area contributed by atoms with Crippen molar-refractivity contribution in [1.29, 1.82) is 0 Å². The van der Waals surface area contributed by atoms with E-state index in [4.69, 9.17) is 14.7 Å². The van der Waals surface area contributed by atoms with E-state index in [0.29, 0.717) is 24.7 Å². The fourth-order valence-electron chi connectivity index (χ4n) is 8.07. The topological polar surface area (TPSA) is 56.8 Å². The average Bonchev–Trinajstić information content (AvgIpc) is 3.65. The van der Waals surface area contributed by atoms with E-state index in [1.54, 1.807) is 0 Å². The van der Waals surface area contributed by atoms with Crippen LogP contribution in [0.1, 0.15) is 49.8 Å². The Hall–Kier alpha value is -2.42. The van der Waals surface area contributed by atoms with E-state index in [2.05, 4.69) is 72.3 Å². The quantitative estimate of drug-likeness (QED) is 0.455. The highest BCUT2D eigenvalue weighted by molar-refractivity contribution is 9.10. The first-order chi connectivity index (χ1) is 19.1. The number of hydrogen-bond acceptors (Lipinski definition) is 7. The fraction of sp³-hybridized carbons (Fsp3) is 0.548. The Bertz CT molecular complexity index is 1390. The molecule has 0 amide bonds. The van der Waals surface area contributed by atoms with E-state index >= 15 is 0 Å². The van der Waals surface area contributed by atoms with Crippen LogP contribution in [0.3, 0.4) is 0 Å². The molecule has 8 heteroatoms. The molecule has 204 valence electrons. The number of rotatable bonds is 5. The first-order valence-electron chi connectivity index (χ1n) is 14.9. The van der Waals surface area contributed by atoms with Gasteiger partial charge in [-0.1, -0.05) is 40.2 Å². The summed E-state index contributed by atoms with van der Waals surface area (Å²) in [4.78, 5) is 18.0. The molecule has 1 N–H and O–H groups in total.